The van der Waals surface area contributed by atoms with Gasteiger partial charge in [-0.2, -0.15) is 0 Å². The molecule has 0 N–H and O–H groups in total. The van der Waals surface area contributed by atoms with Crippen LogP contribution in [-0.2, 0) is 9.53 Å². The zero-order chi connectivity index (χ0) is 17.7. The van der Waals surface area contributed by atoms with Crippen LogP contribution in [0.25, 0.3) is 0 Å². The molecule has 0 heterocycles. The summed E-state index contributed by atoms with van der Waals surface area (Å²) in [4.78, 5) is 24.6. The number of methoxy groups -OCH3 is 1. The molecular weight excluding hydrogens is 353 g/mol. The number of nitrogens with zero attached hydrogens (tertiary/aromatic N) is 1. The van der Waals surface area contributed by atoms with Crippen LogP contribution < -0.4 is 4.31 Å². The fraction of sp³-hybridized carbons (Fsp3) is 0.0588. The molecule has 2 rings (SSSR count). The number of halogens is 2. The second-order valence-corrected chi connectivity index (χ2v) is 5.91. The first-order valence-electron chi connectivity index (χ1n) is 6.74. The molecule has 0 saturated heterocycles. The minimum absolute atomic E-state index is 0.0632. The molecular formula is C17H13ClFNO3S. The van der Waals surface area contributed by atoms with E-state index < -0.39 is 17.7 Å². The average Bonchev–Trinajstić information content (AvgIpc) is 2.59. The molecule has 124 valence electrons. The van der Waals surface area contributed by atoms with E-state index in [-0.39, 0.29) is 10.7 Å². The monoisotopic (exact) mass is 365 g/mol. The maximum Gasteiger partial charge on any atom is 0.339 e. The first-order chi connectivity index (χ1) is 11.5. The van der Waals surface area contributed by atoms with Crippen molar-refractivity contribution in [1.29, 1.82) is 0 Å². The maximum atomic E-state index is 13.3. The van der Waals surface area contributed by atoms with Crippen molar-refractivity contribution in [2.45, 2.75) is 4.90 Å². The smallest absolute Gasteiger partial charge is 0.339 e. The highest BCUT2D eigenvalue weighted by Gasteiger charge is 2.21. The highest BCUT2D eigenvalue weighted by molar-refractivity contribution is 8.01. The van der Waals surface area contributed by atoms with Gasteiger partial charge in [-0.1, -0.05) is 30.3 Å². The first-order valence-corrected chi connectivity index (χ1v) is 7.90. The van der Waals surface area contributed by atoms with Gasteiger partial charge < -0.3 is 4.74 Å². The van der Waals surface area contributed by atoms with Gasteiger partial charge in [0, 0.05) is 4.90 Å². The summed E-state index contributed by atoms with van der Waals surface area (Å²) in [7, 11) is 1.27. The molecule has 2 aromatic carbocycles. The van der Waals surface area contributed by atoms with Crippen molar-refractivity contribution in [3.8, 4) is 0 Å². The van der Waals surface area contributed by atoms with E-state index in [1.807, 2.05) is 0 Å². The summed E-state index contributed by atoms with van der Waals surface area (Å²) in [5.74, 6) is -1.52. The third-order valence-corrected chi connectivity index (χ3v) is 4.40. The lowest BCUT2D eigenvalue weighted by Gasteiger charge is -2.22. The SMILES string of the molecule is C=CC(=O)N(Sc1ccccc1C(=O)OC)c1ccc(F)cc1Cl. The van der Waals surface area contributed by atoms with Crippen LogP contribution in [0.1, 0.15) is 10.4 Å². The lowest BCUT2D eigenvalue weighted by molar-refractivity contribution is -0.113. The molecule has 0 bridgehead atoms. The van der Waals surface area contributed by atoms with E-state index in [1.165, 1.54) is 23.5 Å². The molecule has 0 aromatic heterocycles. The number of esters is 1. The van der Waals surface area contributed by atoms with E-state index in [1.54, 1.807) is 24.3 Å². The van der Waals surface area contributed by atoms with Crippen molar-refractivity contribution in [2.75, 3.05) is 11.4 Å². The second kappa shape index (κ2) is 7.99. The van der Waals surface area contributed by atoms with Gasteiger partial charge in [0.1, 0.15) is 5.82 Å². The largest absolute Gasteiger partial charge is 0.465 e. The van der Waals surface area contributed by atoms with Crippen molar-refractivity contribution in [1.82, 2.24) is 0 Å². The summed E-state index contributed by atoms with van der Waals surface area (Å²) in [5.41, 5.74) is 0.581. The molecule has 4 nitrogen and oxygen atoms in total. The zero-order valence-corrected chi connectivity index (χ0v) is 14.2. The second-order valence-electron chi connectivity index (χ2n) is 4.51. The van der Waals surface area contributed by atoms with Crippen LogP contribution in [0, 0.1) is 5.82 Å². The number of ether oxygens (including phenoxy) is 1. The van der Waals surface area contributed by atoms with Crippen LogP contribution in [0.5, 0.6) is 0 Å². The van der Waals surface area contributed by atoms with Crippen LogP contribution in [0.2, 0.25) is 5.02 Å². The number of amides is 1. The van der Waals surface area contributed by atoms with Crippen LogP contribution in [0.15, 0.2) is 60.0 Å². The van der Waals surface area contributed by atoms with Crippen LogP contribution in [0.4, 0.5) is 10.1 Å². The quantitative estimate of drug-likeness (QED) is 0.445. The van der Waals surface area contributed by atoms with Gasteiger partial charge in [-0.05, 0) is 48.4 Å². The van der Waals surface area contributed by atoms with Crippen molar-refractivity contribution in [3.05, 3.63) is 71.5 Å². The van der Waals surface area contributed by atoms with Crippen LogP contribution in [-0.4, -0.2) is 19.0 Å². The molecule has 0 aliphatic heterocycles. The lowest BCUT2D eigenvalue weighted by atomic mass is 10.2. The predicted molar refractivity (Wildman–Crippen MR) is 92.7 cm³/mol. The van der Waals surface area contributed by atoms with E-state index in [4.69, 9.17) is 16.3 Å². The van der Waals surface area contributed by atoms with Crippen LogP contribution >= 0.6 is 23.5 Å². The van der Waals surface area contributed by atoms with E-state index in [0.29, 0.717) is 10.5 Å². The van der Waals surface area contributed by atoms with Gasteiger partial charge in [0.25, 0.3) is 5.91 Å². The zero-order valence-electron chi connectivity index (χ0n) is 12.7. The van der Waals surface area contributed by atoms with Gasteiger partial charge in [-0.25, -0.2) is 13.5 Å². The summed E-state index contributed by atoms with van der Waals surface area (Å²) >= 11 is 7.02. The Morgan fingerprint density at radius 1 is 1.29 bits per heavy atom. The van der Waals surface area contributed by atoms with Gasteiger partial charge in [0.05, 0.1) is 23.4 Å². The first kappa shape index (κ1) is 18.0. The predicted octanol–water partition coefficient (Wildman–Crippen LogP) is 4.49. The molecule has 0 radical (unpaired) electrons. The number of rotatable bonds is 5. The van der Waals surface area contributed by atoms with Crippen molar-refractivity contribution in [2.24, 2.45) is 0 Å². The van der Waals surface area contributed by atoms with E-state index >= 15 is 0 Å². The molecule has 7 heteroatoms. The Hall–Kier alpha value is -2.31. The Morgan fingerprint density at radius 2 is 2.00 bits per heavy atom. The van der Waals surface area contributed by atoms with Crippen molar-refractivity contribution in [3.63, 3.8) is 0 Å². The Bertz CT molecular complexity index is 797. The summed E-state index contributed by atoms with van der Waals surface area (Å²) in [5, 5.41) is 0.0632. The summed E-state index contributed by atoms with van der Waals surface area (Å²) in [6.07, 6.45) is 1.10. The fourth-order valence-electron chi connectivity index (χ4n) is 1.86. The highest BCUT2D eigenvalue weighted by atomic mass is 35.5. The highest BCUT2D eigenvalue weighted by Crippen LogP contribution is 2.36. The molecule has 24 heavy (non-hydrogen) atoms. The van der Waals surface area contributed by atoms with E-state index in [2.05, 4.69) is 6.58 Å². The van der Waals surface area contributed by atoms with E-state index in [9.17, 15) is 14.0 Å². The number of carbonyl (C=O) groups excluding carboxylic acids is 2. The Labute approximate surface area is 148 Å². The Morgan fingerprint density at radius 3 is 2.62 bits per heavy atom. The van der Waals surface area contributed by atoms with E-state index in [0.717, 1.165) is 24.1 Å². The molecule has 0 saturated carbocycles. The Kier molecular flexibility index (Phi) is 6.00. The number of hydrogen-bond donors (Lipinski definition) is 0. The van der Waals surface area contributed by atoms with Crippen molar-refractivity contribution < 1.29 is 18.7 Å². The van der Waals surface area contributed by atoms with Gasteiger partial charge in [0.15, 0.2) is 0 Å². The van der Waals surface area contributed by atoms with Gasteiger partial charge in [0.2, 0.25) is 0 Å². The molecule has 0 aliphatic rings. The molecule has 0 spiro atoms. The molecule has 0 unspecified atom stereocenters. The average molecular weight is 366 g/mol. The topological polar surface area (TPSA) is 46.6 Å². The number of anilines is 1. The fourth-order valence-corrected chi connectivity index (χ4v) is 3.17. The summed E-state index contributed by atoms with van der Waals surface area (Å²) < 4.78 is 19.2. The van der Waals surface area contributed by atoms with Crippen LogP contribution in [0.3, 0.4) is 0 Å². The minimum Gasteiger partial charge on any atom is -0.465 e. The molecule has 0 atom stereocenters. The Balaban J connectivity index is 2.46. The number of carbonyl (C=O) groups is 2. The molecule has 0 aliphatic carbocycles. The standard InChI is InChI=1S/C17H13ClFNO3S/c1-3-16(21)20(14-9-8-11(19)10-13(14)18)24-15-7-5-4-6-12(15)17(22)23-2/h3-10H,1H2,2H3. The third-order valence-electron chi connectivity index (χ3n) is 2.99. The lowest BCUT2D eigenvalue weighted by Crippen LogP contribution is -2.22. The molecule has 0 fully saturated rings. The van der Waals surface area contributed by atoms with Gasteiger partial charge in [-0.15, -0.1) is 0 Å². The molecule has 2 aromatic rings. The number of benzene rings is 2. The van der Waals surface area contributed by atoms with Gasteiger partial charge >= 0.3 is 5.97 Å². The molecule has 1 amide bonds. The summed E-state index contributed by atoms with van der Waals surface area (Å²) in [6.45, 7) is 3.46. The summed E-state index contributed by atoms with van der Waals surface area (Å²) in [6, 6.07) is 10.3. The maximum absolute atomic E-state index is 13.3. The normalized spacial score (nSPS) is 10.1. The third kappa shape index (κ3) is 3.96. The number of hydrogen-bond acceptors (Lipinski definition) is 4. The minimum atomic E-state index is -0.533. The van der Waals surface area contributed by atoms with Gasteiger partial charge in [-0.3, -0.25) is 4.79 Å². The van der Waals surface area contributed by atoms with Crippen molar-refractivity contribution >= 4 is 41.1 Å².